The summed E-state index contributed by atoms with van der Waals surface area (Å²) >= 11 is 0. The van der Waals surface area contributed by atoms with E-state index in [1.165, 1.54) is 0 Å². The second-order valence-corrected chi connectivity index (χ2v) is 10.4. The zero-order valence-electron chi connectivity index (χ0n) is 23.1. The Bertz CT molecular complexity index is 1820. The molecule has 0 fully saturated rings. The van der Waals surface area contributed by atoms with Gasteiger partial charge in [-0.15, -0.1) is 0 Å². The summed E-state index contributed by atoms with van der Waals surface area (Å²) in [7, 11) is 0. The van der Waals surface area contributed by atoms with Crippen molar-refractivity contribution < 1.29 is 19.8 Å². The van der Waals surface area contributed by atoms with E-state index in [0.29, 0.717) is 24.2 Å². The third-order valence-corrected chi connectivity index (χ3v) is 7.65. The minimum Gasteiger partial charge on any atom is -0.481 e. The Kier molecular flexibility index (Phi) is 7.02. The van der Waals surface area contributed by atoms with Crippen LogP contribution in [0.25, 0.3) is 50.4 Å². The second-order valence-electron chi connectivity index (χ2n) is 10.4. The van der Waals surface area contributed by atoms with Gasteiger partial charge in [0, 0.05) is 35.0 Å². The molecule has 40 heavy (non-hydrogen) atoms. The van der Waals surface area contributed by atoms with E-state index in [0.717, 1.165) is 72.4 Å². The van der Waals surface area contributed by atoms with Gasteiger partial charge >= 0.3 is 11.9 Å². The van der Waals surface area contributed by atoms with Crippen LogP contribution >= 0.6 is 0 Å². The molecule has 0 saturated heterocycles. The molecule has 4 N–H and O–H groups in total. The predicted molar refractivity (Wildman–Crippen MR) is 159 cm³/mol. The molecule has 0 atom stereocenters. The number of nitrogens with zero attached hydrogens (tertiary/aromatic N) is 2. The average Bonchev–Trinajstić information content (AvgIpc) is 3.59. The van der Waals surface area contributed by atoms with Crippen LogP contribution in [-0.4, -0.2) is 42.1 Å². The van der Waals surface area contributed by atoms with Crippen LogP contribution in [0.2, 0.25) is 0 Å². The summed E-state index contributed by atoms with van der Waals surface area (Å²) < 4.78 is 0. The molecule has 3 aromatic heterocycles. The van der Waals surface area contributed by atoms with Crippen molar-refractivity contribution in [1.29, 1.82) is 0 Å². The molecular formula is C32H32N4O4. The van der Waals surface area contributed by atoms with Crippen LogP contribution in [-0.2, 0) is 9.59 Å². The van der Waals surface area contributed by atoms with Crippen molar-refractivity contribution in [2.75, 3.05) is 0 Å². The van der Waals surface area contributed by atoms with Gasteiger partial charge in [-0.1, -0.05) is 12.7 Å². The maximum absolute atomic E-state index is 11.5. The van der Waals surface area contributed by atoms with E-state index >= 15 is 0 Å². The van der Waals surface area contributed by atoms with Gasteiger partial charge in [-0.3, -0.25) is 9.59 Å². The number of carboxylic acids is 2. The van der Waals surface area contributed by atoms with Gasteiger partial charge in [0.25, 0.3) is 0 Å². The first-order chi connectivity index (χ1) is 19.0. The lowest BCUT2D eigenvalue weighted by Gasteiger charge is -2.05. The van der Waals surface area contributed by atoms with Crippen LogP contribution in [0.3, 0.4) is 0 Å². The van der Waals surface area contributed by atoms with E-state index in [-0.39, 0.29) is 12.8 Å². The van der Waals surface area contributed by atoms with Gasteiger partial charge in [0.1, 0.15) is 0 Å². The summed E-state index contributed by atoms with van der Waals surface area (Å²) in [6.45, 7) is 12.1. The molecule has 0 aromatic carbocycles. The molecule has 2 aliphatic heterocycles. The Morgan fingerprint density at radius 1 is 0.750 bits per heavy atom. The number of fused-ring (bicyclic) bond motifs is 8. The number of aromatic amines is 2. The van der Waals surface area contributed by atoms with Gasteiger partial charge in [-0.05, 0) is 104 Å². The molecule has 0 unspecified atom stereocenters. The lowest BCUT2D eigenvalue weighted by atomic mass is 9.98. The number of hydrogen-bond acceptors (Lipinski definition) is 4. The largest absolute Gasteiger partial charge is 0.481 e. The number of aromatic nitrogens is 4. The summed E-state index contributed by atoms with van der Waals surface area (Å²) in [4.78, 5) is 39.8. The number of H-pyrrole nitrogens is 2. The molecule has 0 radical (unpaired) electrons. The third kappa shape index (κ3) is 5.00. The van der Waals surface area contributed by atoms with E-state index in [1.54, 1.807) is 0 Å². The number of hydrogen-bond donors (Lipinski definition) is 4. The first-order valence-electron chi connectivity index (χ1n) is 13.2. The molecule has 8 nitrogen and oxygen atoms in total. The molecule has 0 aliphatic carbocycles. The quantitative estimate of drug-likeness (QED) is 0.253. The lowest BCUT2D eigenvalue weighted by Crippen LogP contribution is -1.97. The Labute approximate surface area is 231 Å². The summed E-state index contributed by atoms with van der Waals surface area (Å²) in [5, 5.41) is 18.8. The van der Waals surface area contributed by atoms with Crippen molar-refractivity contribution in [3.8, 4) is 0 Å². The normalized spacial score (nSPS) is 13.2. The molecule has 0 spiro atoms. The van der Waals surface area contributed by atoms with Crippen LogP contribution in [0.4, 0.5) is 0 Å². The SMILES string of the molecule is C=Cc1c2cc(C)c(cc3nc(cc4nc(cc5cc(C)c1[nH]5)C(C)=C4CCC(=O)O)C(CCC(=O)O)=C3C)[nH]2. The van der Waals surface area contributed by atoms with E-state index in [1.807, 2.05) is 52.0 Å². The zero-order chi connectivity index (χ0) is 28.7. The number of carboxylic acid groups (broad SMARTS) is 2. The van der Waals surface area contributed by atoms with Crippen LogP contribution in [0.5, 0.6) is 0 Å². The highest BCUT2D eigenvalue weighted by Gasteiger charge is 2.22. The highest BCUT2D eigenvalue weighted by Crippen LogP contribution is 2.37. The number of carbonyl (C=O) groups is 2. The standard InChI is InChI=1S/C32H32N4O4/c1-6-21-27-12-16(2)24(34-27)14-26-19(5)23(8-10-31(39)40)29(36-26)15-28-22(7-9-30(37)38)18(4)25(35-28)13-20-11-17(3)32(21)33-20/h6,11-15,33-34H,1,7-10H2,2-5H3,(H,37,38)(H,39,40). The van der Waals surface area contributed by atoms with E-state index < -0.39 is 11.9 Å². The van der Waals surface area contributed by atoms with E-state index in [2.05, 4.69) is 28.7 Å². The monoisotopic (exact) mass is 536 g/mol. The number of aliphatic carboxylic acids is 2. The van der Waals surface area contributed by atoms with Crippen molar-refractivity contribution in [3.63, 3.8) is 0 Å². The molecule has 5 heterocycles. The second kappa shape index (κ2) is 10.4. The number of nitrogens with one attached hydrogen (secondary N) is 2. The van der Waals surface area contributed by atoms with Crippen LogP contribution < -0.4 is 0 Å². The van der Waals surface area contributed by atoms with E-state index in [9.17, 15) is 19.8 Å². The van der Waals surface area contributed by atoms with Crippen molar-refractivity contribution in [2.45, 2.75) is 53.4 Å². The summed E-state index contributed by atoms with van der Waals surface area (Å²) in [6, 6.07) is 9.98. The fourth-order valence-electron chi connectivity index (χ4n) is 5.44. The minimum absolute atomic E-state index is 0.0250. The summed E-state index contributed by atoms with van der Waals surface area (Å²) in [6.07, 6.45) is 2.43. The van der Waals surface area contributed by atoms with Crippen molar-refractivity contribution in [2.24, 2.45) is 0 Å². The van der Waals surface area contributed by atoms with Gasteiger partial charge in [0.15, 0.2) is 0 Å². The van der Waals surface area contributed by atoms with Crippen molar-refractivity contribution in [1.82, 2.24) is 19.9 Å². The Hall–Kier alpha value is -4.72. The molecule has 204 valence electrons. The average molecular weight is 537 g/mol. The Morgan fingerprint density at radius 2 is 1.32 bits per heavy atom. The predicted octanol–water partition coefficient (Wildman–Crippen LogP) is 7.17. The molecule has 2 aliphatic rings. The van der Waals surface area contributed by atoms with Crippen molar-refractivity contribution >= 4 is 62.4 Å². The number of allylic oxidation sites excluding steroid dienone is 4. The first-order valence-corrected chi connectivity index (χ1v) is 13.2. The molecule has 8 heteroatoms. The van der Waals surface area contributed by atoms with Crippen molar-refractivity contribution in [3.05, 3.63) is 76.4 Å². The van der Waals surface area contributed by atoms with Gasteiger partial charge in [0.05, 0.1) is 28.3 Å². The smallest absolute Gasteiger partial charge is 0.303 e. The Balaban J connectivity index is 1.89. The molecule has 5 rings (SSSR count). The molecule has 0 saturated carbocycles. The highest BCUT2D eigenvalue weighted by molar-refractivity contribution is 5.96. The third-order valence-electron chi connectivity index (χ3n) is 7.65. The maximum Gasteiger partial charge on any atom is 0.303 e. The molecular weight excluding hydrogens is 504 g/mol. The first kappa shape index (κ1) is 26.9. The van der Waals surface area contributed by atoms with Gasteiger partial charge < -0.3 is 20.2 Å². The molecule has 3 aromatic rings. The lowest BCUT2D eigenvalue weighted by molar-refractivity contribution is -0.137. The minimum atomic E-state index is -0.880. The summed E-state index contributed by atoms with van der Waals surface area (Å²) in [5.74, 6) is -1.76. The fourth-order valence-corrected chi connectivity index (χ4v) is 5.44. The molecule has 8 bridgehead atoms. The Morgan fingerprint density at radius 3 is 1.88 bits per heavy atom. The molecule has 0 amide bonds. The van der Waals surface area contributed by atoms with Gasteiger partial charge in [-0.25, -0.2) is 9.97 Å². The van der Waals surface area contributed by atoms with Crippen LogP contribution in [0.1, 0.15) is 79.0 Å². The highest BCUT2D eigenvalue weighted by atomic mass is 16.4. The fraction of sp³-hybridized carbons (Fsp3) is 0.250. The number of rotatable bonds is 7. The van der Waals surface area contributed by atoms with Crippen LogP contribution in [0, 0.1) is 13.8 Å². The maximum atomic E-state index is 11.5. The number of aryl methyl sites for hydroxylation is 2. The van der Waals surface area contributed by atoms with Gasteiger partial charge in [-0.2, -0.15) is 0 Å². The van der Waals surface area contributed by atoms with Gasteiger partial charge in [0.2, 0.25) is 0 Å². The van der Waals surface area contributed by atoms with E-state index in [4.69, 9.17) is 9.97 Å². The van der Waals surface area contributed by atoms with Crippen LogP contribution in [0.15, 0.2) is 36.9 Å². The topological polar surface area (TPSA) is 132 Å². The summed E-state index contributed by atoms with van der Waals surface area (Å²) in [5.41, 5.74) is 13.0. The zero-order valence-corrected chi connectivity index (χ0v) is 23.1.